The van der Waals surface area contributed by atoms with Crippen molar-refractivity contribution in [2.75, 3.05) is 0 Å². The Morgan fingerprint density at radius 1 is 1.53 bits per heavy atom. The summed E-state index contributed by atoms with van der Waals surface area (Å²) in [4.78, 5) is 0. The Balaban J connectivity index is 1.79. The molecule has 0 saturated heterocycles. The van der Waals surface area contributed by atoms with E-state index in [1.54, 1.807) is 16.0 Å². The third-order valence-corrected chi connectivity index (χ3v) is 3.22. The van der Waals surface area contributed by atoms with Gasteiger partial charge in [0.2, 0.25) is 0 Å². The summed E-state index contributed by atoms with van der Waals surface area (Å²) in [5, 5.41) is 18.2. The number of nitrogens with zero attached hydrogens (tertiary/aromatic N) is 4. The summed E-state index contributed by atoms with van der Waals surface area (Å²) in [7, 11) is 0. The lowest BCUT2D eigenvalue weighted by Crippen LogP contribution is -2.18. The lowest BCUT2D eigenvalue weighted by Gasteiger charge is -2.02. The molecule has 0 aliphatic heterocycles. The summed E-state index contributed by atoms with van der Waals surface area (Å²) in [5.74, 6) is 0.879. The molecule has 6 heteroatoms. The molecule has 0 radical (unpaired) electrons. The van der Waals surface area contributed by atoms with Crippen LogP contribution in [-0.2, 0) is 6.54 Å². The number of aromatic nitrogens is 4. The standard InChI is InChI=1S/C9H11N5S/c1-2-9(15-5-1)14-8(11-12-13-14)6-10-7-3-4-7/h1-2,5,7,10H,3-4,6H2. The van der Waals surface area contributed by atoms with Gasteiger partial charge < -0.3 is 5.32 Å². The lowest BCUT2D eigenvalue weighted by molar-refractivity contribution is 0.640. The summed E-state index contributed by atoms with van der Waals surface area (Å²) < 4.78 is 1.79. The van der Waals surface area contributed by atoms with Gasteiger partial charge in [-0.25, -0.2) is 0 Å². The topological polar surface area (TPSA) is 55.6 Å². The summed E-state index contributed by atoms with van der Waals surface area (Å²) in [6.07, 6.45) is 2.56. The zero-order chi connectivity index (χ0) is 10.1. The van der Waals surface area contributed by atoms with E-state index in [-0.39, 0.29) is 0 Å². The van der Waals surface area contributed by atoms with Crippen molar-refractivity contribution >= 4 is 11.3 Å². The van der Waals surface area contributed by atoms with Crippen molar-refractivity contribution in [1.82, 2.24) is 25.5 Å². The number of tetrazole rings is 1. The molecular formula is C9H11N5S. The van der Waals surface area contributed by atoms with Gasteiger partial charge in [0.25, 0.3) is 0 Å². The Bertz CT molecular complexity index is 431. The van der Waals surface area contributed by atoms with Crippen LogP contribution in [0.4, 0.5) is 0 Å². The van der Waals surface area contributed by atoms with Crippen molar-refractivity contribution < 1.29 is 0 Å². The van der Waals surface area contributed by atoms with Gasteiger partial charge in [0, 0.05) is 6.04 Å². The average molecular weight is 221 g/mol. The van der Waals surface area contributed by atoms with E-state index in [0.29, 0.717) is 6.04 Å². The average Bonchev–Trinajstić information content (AvgIpc) is 2.79. The molecule has 2 aromatic heterocycles. The molecule has 1 N–H and O–H groups in total. The Morgan fingerprint density at radius 3 is 3.20 bits per heavy atom. The minimum absolute atomic E-state index is 0.679. The fraction of sp³-hybridized carbons (Fsp3) is 0.444. The third-order valence-electron chi connectivity index (χ3n) is 2.38. The molecule has 0 aromatic carbocycles. The highest BCUT2D eigenvalue weighted by Crippen LogP contribution is 2.19. The molecular weight excluding hydrogens is 210 g/mol. The predicted molar refractivity (Wildman–Crippen MR) is 56.9 cm³/mol. The van der Waals surface area contributed by atoms with E-state index in [9.17, 15) is 0 Å². The maximum Gasteiger partial charge on any atom is 0.171 e. The van der Waals surface area contributed by atoms with E-state index in [0.717, 1.165) is 17.4 Å². The van der Waals surface area contributed by atoms with Gasteiger partial charge in [-0.1, -0.05) is 0 Å². The van der Waals surface area contributed by atoms with E-state index in [4.69, 9.17) is 0 Å². The van der Waals surface area contributed by atoms with E-state index >= 15 is 0 Å². The summed E-state index contributed by atoms with van der Waals surface area (Å²) in [6, 6.07) is 4.69. The quantitative estimate of drug-likeness (QED) is 0.836. The molecule has 0 spiro atoms. The van der Waals surface area contributed by atoms with E-state index in [2.05, 4.69) is 20.8 Å². The van der Waals surface area contributed by atoms with E-state index in [1.165, 1.54) is 12.8 Å². The third kappa shape index (κ3) is 1.91. The van der Waals surface area contributed by atoms with Crippen LogP contribution < -0.4 is 5.32 Å². The summed E-state index contributed by atoms with van der Waals surface area (Å²) in [6.45, 7) is 0.746. The molecule has 1 fully saturated rings. The van der Waals surface area contributed by atoms with Gasteiger partial charge in [-0.3, -0.25) is 0 Å². The Morgan fingerprint density at radius 2 is 2.47 bits per heavy atom. The Labute approximate surface area is 91.1 Å². The predicted octanol–water partition coefficient (Wildman–Crippen LogP) is 0.976. The second kappa shape index (κ2) is 3.71. The number of nitrogens with one attached hydrogen (secondary N) is 1. The first-order valence-corrected chi connectivity index (χ1v) is 5.86. The van der Waals surface area contributed by atoms with Crippen molar-refractivity contribution in [2.45, 2.75) is 25.4 Å². The van der Waals surface area contributed by atoms with Gasteiger partial charge in [-0.05, 0) is 40.8 Å². The van der Waals surface area contributed by atoms with Crippen LogP contribution in [0.15, 0.2) is 17.5 Å². The van der Waals surface area contributed by atoms with E-state index < -0.39 is 0 Å². The first-order chi connectivity index (χ1) is 7.43. The molecule has 2 heterocycles. The zero-order valence-corrected chi connectivity index (χ0v) is 8.94. The van der Waals surface area contributed by atoms with Crippen LogP contribution in [0.1, 0.15) is 18.7 Å². The van der Waals surface area contributed by atoms with Gasteiger partial charge in [-0.2, -0.15) is 4.68 Å². The van der Waals surface area contributed by atoms with Crippen LogP contribution in [0.5, 0.6) is 0 Å². The number of thiophene rings is 1. The largest absolute Gasteiger partial charge is 0.307 e. The summed E-state index contributed by atoms with van der Waals surface area (Å²) in [5.41, 5.74) is 0. The number of hydrogen-bond acceptors (Lipinski definition) is 5. The van der Waals surface area contributed by atoms with Gasteiger partial charge in [0.1, 0.15) is 5.00 Å². The Kier molecular flexibility index (Phi) is 2.22. The minimum atomic E-state index is 0.679. The van der Waals surface area contributed by atoms with E-state index in [1.807, 2.05) is 17.5 Å². The maximum absolute atomic E-state index is 4.02. The highest BCUT2D eigenvalue weighted by Gasteiger charge is 2.21. The molecule has 0 atom stereocenters. The van der Waals surface area contributed by atoms with Gasteiger partial charge in [-0.15, -0.1) is 16.4 Å². The SMILES string of the molecule is c1csc(-n2nnnc2CNC2CC2)c1. The van der Waals surface area contributed by atoms with Crippen molar-refractivity contribution in [1.29, 1.82) is 0 Å². The second-order valence-electron chi connectivity index (χ2n) is 3.61. The first-order valence-electron chi connectivity index (χ1n) is 4.98. The highest BCUT2D eigenvalue weighted by atomic mass is 32.1. The van der Waals surface area contributed by atoms with Crippen LogP contribution >= 0.6 is 11.3 Å². The first kappa shape index (κ1) is 8.99. The second-order valence-corrected chi connectivity index (χ2v) is 4.54. The van der Waals surface area contributed by atoms with Gasteiger partial charge >= 0.3 is 0 Å². The molecule has 78 valence electrons. The molecule has 2 aromatic rings. The van der Waals surface area contributed by atoms with Crippen LogP contribution in [0.2, 0.25) is 0 Å². The van der Waals surface area contributed by atoms with Crippen molar-refractivity contribution in [2.24, 2.45) is 0 Å². The molecule has 1 aliphatic rings. The molecule has 3 rings (SSSR count). The van der Waals surface area contributed by atoms with Crippen molar-refractivity contribution in [3.05, 3.63) is 23.3 Å². The van der Waals surface area contributed by atoms with Crippen molar-refractivity contribution in [3.63, 3.8) is 0 Å². The van der Waals surface area contributed by atoms with Crippen molar-refractivity contribution in [3.8, 4) is 5.00 Å². The molecule has 1 aliphatic carbocycles. The smallest absolute Gasteiger partial charge is 0.171 e. The van der Waals surface area contributed by atoms with Crippen LogP contribution in [0.3, 0.4) is 0 Å². The van der Waals surface area contributed by atoms with Crippen LogP contribution in [0.25, 0.3) is 5.00 Å². The molecule has 0 amide bonds. The number of hydrogen-bond donors (Lipinski definition) is 1. The van der Waals surface area contributed by atoms with Gasteiger partial charge in [0.15, 0.2) is 5.82 Å². The molecule has 5 nitrogen and oxygen atoms in total. The van der Waals surface area contributed by atoms with Gasteiger partial charge in [0.05, 0.1) is 6.54 Å². The molecule has 15 heavy (non-hydrogen) atoms. The monoisotopic (exact) mass is 221 g/mol. The van der Waals surface area contributed by atoms with Crippen LogP contribution in [0, 0.1) is 0 Å². The number of rotatable bonds is 4. The Hall–Kier alpha value is -1.27. The molecule has 1 saturated carbocycles. The fourth-order valence-corrected chi connectivity index (χ4v) is 2.10. The summed E-state index contributed by atoms with van der Waals surface area (Å²) >= 11 is 1.64. The van der Waals surface area contributed by atoms with Crippen LogP contribution in [-0.4, -0.2) is 26.2 Å². The highest BCUT2D eigenvalue weighted by molar-refractivity contribution is 7.12. The zero-order valence-electron chi connectivity index (χ0n) is 8.13. The molecule has 0 bridgehead atoms. The molecule has 0 unspecified atom stereocenters. The fourth-order valence-electron chi connectivity index (χ4n) is 1.40. The maximum atomic E-state index is 4.02. The minimum Gasteiger partial charge on any atom is -0.307 e. The lowest BCUT2D eigenvalue weighted by atomic mass is 10.5. The normalized spacial score (nSPS) is 15.7.